The summed E-state index contributed by atoms with van der Waals surface area (Å²) in [6.45, 7) is 6.06. The van der Waals surface area contributed by atoms with E-state index in [1.165, 1.54) is 4.88 Å². The van der Waals surface area contributed by atoms with E-state index in [0.717, 1.165) is 34.3 Å². The van der Waals surface area contributed by atoms with Crippen LogP contribution in [0.1, 0.15) is 28.8 Å². The Morgan fingerprint density at radius 3 is 2.68 bits per heavy atom. The fraction of sp³-hybridized carbons (Fsp3) is 0.417. The van der Waals surface area contributed by atoms with E-state index in [-0.39, 0.29) is 0 Å². The molecule has 0 spiro atoms. The van der Waals surface area contributed by atoms with Gasteiger partial charge in [-0.15, -0.1) is 11.3 Å². The lowest BCUT2D eigenvalue weighted by Gasteiger charge is -2.05. The van der Waals surface area contributed by atoms with Gasteiger partial charge in [0.2, 0.25) is 0 Å². The van der Waals surface area contributed by atoms with E-state index in [2.05, 4.69) is 29.2 Å². The molecule has 0 fully saturated rings. The summed E-state index contributed by atoms with van der Waals surface area (Å²) in [5, 5.41) is 8.46. The van der Waals surface area contributed by atoms with Crippen molar-refractivity contribution < 1.29 is 0 Å². The maximum absolute atomic E-state index is 5.76. The van der Waals surface area contributed by atoms with Crippen LogP contribution in [0.4, 0.5) is 10.9 Å². The Morgan fingerprint density at radius 2 is 2.16 bits per heavy atom. The number of thiazole rings is 1. The van der Waals surface area contributed by atoms with E-state index in [4.69, 9.17) is 18.0 Å². The summed E-state index contributed by atoms with van der Waals surface area (Å²) in [7, 11) is 1.86. The molecule has 0 aliphatic carbocycles. The van der Waals surface area contributed by atoms with Crippen LogP contribution < -0.4 is 11.1 Å². The molecule has 2 aromatic rings. The third-order valence-corrected chi connectivity index (χ3v) is 4.05. The number of aryl methyl sites for hydroxylation is 4. The van der Waals surface area contributed by atoms with Gasteiger partial charge in [0.1, 0.15) is 10.8 Å². The SMILES string of the molecule is CCc1nc(Nc2c(C(N)=S)c(C)nn2C)sc1C. The number of hydrogen-bond donors (Lipinski definition) is 2. The van der Waals surface area contributed by atoms with Crippen molar-refractivity contribution in [1.29, 1.82) is 0 Å². The van der Waals surface area contributed by atoms with E-state index in [1.54, 1.807) is 16.0 Å². The average molecular weight is 295 g/mol. The lowest BCUT2D eigenvalue weighted by Crippen LogP contribution is -2.12. The third-order valence-electron chi connectivity index (χ3n) is 2.92. The largest absolute Gasteiger partial charge is 0.389 e. The maximum Gasteiger partial charge on any atom is 0.188 e. The number of rotatable bonds is 4. The second-order valence-electron chi connectivity index (χ2n) is 4.30. The number of aromatic nitrogens is 3. The molecule has 19 heavy (non-hydrogen) atoms. The predicted molar refractivity (Wildman–Crippen MR) is 83.3 cm³/mol. The van der Waals surface area contributed by atoms with Crippen molar-refractivity contribution in [3.63, 3.8) is 0 Å². The molecule has 2 aromatic heterocycles. The molecule has 0 saturated carbocycles. The van der Waals surface area contributed by atoms with Crippen molar-refractivity contribution >= 4 is 39.5 Å². The van der Waals surface area contributed by atoms with Crippen LogP contribution in [0.15, 0.2) is 0 Å². The van der Waals surface area contributed by atoms with Crippen LogP contribution in [0.3, 0.4) is 0 Å². The van der Waals surface area contributed by atoms with Crippen LogP contribution in [-0.4, -0.2) is 19.8 Å². The second kappa shape index (κ2) is 5.26. The van der Waals surface area contributed by atoms with E-state index < -0.39 is 0 Å². The molecule has 2 rings (SSSR count). The van der Waals surface area contributed by atoms with Gasteiger partial charge in [0.25, 0.3) is 0 Å². The molecule has 7 heteroatoms. The first kappa shape index (κ1) is 14.0. The quantitative estimate of drug-likeness (QED) is 0.848. The Kier molecular flexibility index (Phi) is 3.86. The van der Waals surface area contributed by atoms with E-state index >= 15 is 0 Å². The van der Waals surface area contributed by atoms with Gasteiger partial charge in [-0.1, -0.05) is 19.1 Å². The number of nitrogens with zero attached hydrogens (tertiary/aromatic N) is 3. The lowest BCUT2D eigenvalue weighted by atomic mass is 10.2. The molecule has 102 valence electrons. The molecule has 0 bridgehead atoms. The van der Waals surface area contributed by atoms with Gasteiger partial charge in [0.15, 0.2) is 5.13 Å². The summed E-state index contributed by atoms with van der Waals surface area (Å²) >= 11 is 6.71. The van der Waals surface area contributed by atoms with Gasteiger partial charge >= 0.3 is 0 Å². The number of nitrogens with one attached hydrogen (secondary N) is 1. The van der Waals surface area contributed by atoms with Crippen molar-refractivity contribution in [2.75, 3.05) is 5.32 Å². The maximum atomic E-state index is 5.76. The van der Waals surface area contributed by atoms with Crippen molar-refractivity contribution in [1.82, 2.24) is 14.8 Å². The number of nitrogens with two attached hydrogens (primary N) is 1. The third kappa shape index (κ3) is 2.62. The normalized spacial score (nSPS) is 10.7. The summed E-state index contributed by atoms with van der Waals surface area (Å²) in [6.07, 6.45) is 0.927. The first-order valence-electron chi connectivity index (χ1n) is 6.00. The highest BCUT2D eigenvalue weighted by molar-refractivity contribution is 7.80. The summed E-state index contributed by atoms with van der Waals surface area (Å²) in [6, 6.07) is 0. The minimum Gasteiger partial charge on any atom is -0.389 e. The number of thiocarbonyl (C=S) groups is 1. The smallest absolute Gasteiger partial charge is 0.188 e. The molecule has 0 aliphatic heterocycles. The van der Waals surface area contributed by atoms with E-state index in [9.17, 15) is 0 Å². The van der Waals surface area contributed by atoms with Gasteiger partial charge in [-0.2, -0.15) is 5.10 Å². The van der Waals surface area contributed by atoms with Crippen LogP contribution in [0.25, 0.3) is 0 Å². The topological polar surface area (TPSA) is 68.8 Å². The van der Waals surface area contributed by atoms with Crippen LogP contribution >= 0.6 is 23.6 Å². The van der Waals surface area contributed by atoms with Crippen molar-refractivity contribution in [2.45, 2.75) is 27.2 Å². The summed E-state index contributed by atoms with van der Waals surface area (Å²) < 4.78 is 1.74. The second-order valence-corrected chi connectivity index (χ2v) is 5.94. The van der Waals surface area contributed by atoms with Crippen LogP contribution in [-0.2, 0) is 13.5 Å². The molecule has 0 atom stereocenters. The first-order valence-corrected chi connectivity index (χ1v) is 7.23. The molecular formula is C12H17N5S2. The molecule has 0 saturated heterocycles. The average Bonchev–Trinajstić information content (AvgIpc) is 2.80. The molecule has 0 radical (unpaired) electrons. The molecule has 0 aromatic carbocycles. The Hall–Kier alpha value is -1.47. The van der Waals surface area contributed by atoms with Crippen molar-refractivity contribution in [3.8, 4) is 0 Å². The molecular weight excluding hydrogens is 278 g/mol. The van der Waals surface area contributed by atoms with Gasteiger partial charge in [-0.25, -0.2) is 4.98 Å². The monoisotopic (exact) mass is 295 g/mol. The fourth-order valence-corrected chi connectivity index (χ4v) is 3.15. The highest BCUT2D eigenvalue weighted by Gasteiger charge is 2.17. The fourth-order valence-electron chi connectivity index (χ4n) is 2.01. The molecule has 0 amide bonds. The zero-order valence-electron chi connectivity index (χ0n) is 11.4. The van der Waals surface area contributed by atoms with Gasteiger partial charge in [-0.05, 0) is 20.3 Å². The van der Waals surface area contributed by atoms with Gasteiger partial charge < -0.3 is 11.1 Å². The summed E-state index contributed by atoms with van der Waals surface area (Å²) in [4.78, 5) is 6.12. The molecule has 2 heterocycles. The zero-order valence-corrected chi connectivity index (χ0v) is 13.1. The Bertz CT molecular complexity index is 626. The Balaban J connectivity index is 2.40. The Labute approximate surface area is 121 Å². The van der Waals surface area contributed by atoms with E-state index in [1.807, 2.05) is 14.0 Å². The van der Waals surface area contributed by atoms with Crippen LogP contribution in [0, 0.1) is 13.8 Å². The predicted octanol–water partition coefficient (Wildman–Crippen LogP) is 2.43. The minimum absolute atomic E-state index is 0.345. The zero-order chi connectivity index (χ0) is 14.2. The van der Waals surface area contributed by atoms with E-state index in [0.29, 0.717) is 4.99 Å². The van der Waals surface area contributed by atoms with Gasteiger partial charge in [-0.3, -0.25) is 4.68 Å². The highest BCUT2D eigenvalue weighted by Crippen LogP contribution is 2.28. The number of anilines is 2. The van der Waals surface area contributed by atoms with Crippen molar-refractivity contribution in [3.05, 3.63) is 21.8 Å². The molecule has 3 N–H and O–H groups in total. The van der Waals surface area contributed by atoms with Crippen LogP contribution in [0.2, 0.25) is 0 Å². The van der Waals surface area contributed by atoms with Gasteiger partial charge in [0.05, 0.1) is 17.0 Å². The van der Waals surface area contributed by atoms with Gasteiger partial charge in [0, 0.05) is 11.9 Å². The first-order chi connectivity index (χ1) is 8.93. The minimum atomic E-state index is 0.345. The van der Waals surface area contributed by atoms with Crippen LogP contribution in [0.5, 0.6) is 0 Å². The summed E-state index contributed by atoms with van der Waals surface area (Å²) in [5.41, 5.74) is 8.48. The van der Waals surface area contributed by atoms with Crippen molar-refractivity contribution in [2.24, 2.45) is 12.8 Å². The Morgan fingerprint density at radius 1 is 1.47 bits per heavy atom. The molecule has 0 unspecified atom stereocenters. The number of hydrogen-bond acceptors (Lipinski definition) is 5. The lowest BCUT2D eigenvalue weighted by molar-refractivity contribution is 0.764. The summed E-state index contributed by atoms with van der Waals surface area (Å²) in [5.74, 6) is 0.793. The highest BCUT2D eigenvalue weighted by atomic mass is 32.1. The molecule has 0 aliphatic rings. The standard InChI is InChI=1S/C12H17N5S2/c1-5-8-7(3)19-12(14-8)15-11-9(10(13)18)6(2)16-17(11)4/h5H2,1-4H3,(H2,13,18)(H,14,15). The molecule has 5 nitrogen and oxygen atoms in total.